The minimum absolute atomic E-state index is 0.723. The number of aromatic nitrogens is 3. The second-order valence-electron chi connectivity index (χ2n) is 15.2. The molecular formula is C57H37N3S. The first kappa shape index (κ1) is 36.3. The Morgan fingerprint density at radius 2 is 0.705 bits per heavy atom. The molecule has 3 aromatic heterocycles. The Hall–Kier alpha value is -7.79. The molecule has 0 aliphatic rings. The van der Waals surface area contributed by atoms with E-state index in [0.29, 0.717) is 0 Å². The van der Waals surface area contributed by atoms with Crippen LogP contribution in [0.15, 0.2) is 224 Å². The largest absolute Gasteiger partial charge is 0.248 e. The summed E-state index contributed by atoms with van der Waals surface area (Å²) in [5.74, 6) is 0.723. The summed E-state index contributed by atoms with van der Waals surface area (Å²) in [4.78, 5) is 15.6. The standard InChI is InChI=1S/C57H37N3S/c1-4-16-38(17-5-1)49-36-51(39-18-6-2-7-19-39)58-52(37-49)47-28-14-26-45(34-47)43-24-12-22-41(32-43)42-23-13-25-44(33-42)46-27-15-29-48(35-46)57-59-54(40-20-8-3-9-21-40)56-55(60-57)50-30-10-11-31-53(50)61-56/h1-37H. The lowest BCUT2D eigenvalue weighted by Gasteiger charge is -2.12. The summed E-state index contributed by atoms with van der Waals surface area (Å²) >= 11 is 1.76. The van der Waals surface area contributed by atoms with Crippen molar-refractivity contribution in [1.29, 1.82) is 0 Å². The Labute approximate surface area is 359 Å². The van der Waals surface area contributed by atoms with Gasteiger partial charge in [0, 0.05) is 32.3 Å². The van der Waals surface area contributed by atoms with E-state index in [1.807, 2.05) is 12.1 Å². The van der Waals surface area contributed by atoms with Gasteiger partial charge in [0.1, 0.15) is 0 Å². The molecule has 0 fully saturated rings. The van der Waals surface area contributed by atoms with Gasteiger partial charge in [-0.1, -0.05) is 182 Å². The molecule has 0 saturated heterocycles. The summed E-state index contributed by atoms with van der Waals surface area (Å²) in [6.07, 6.45) is 0. The van der Waals surface area contributed by atoms with Crippen LogP contribution in [0.5, 0.6) is 0 Å². The number of thiophene rings is 1. The minimum atomic E-state index is 0.723. The Kier molecular flexibility index (Phi) is 9.38. The number of hydrogen-bond donors (Lipinski definition) is 0. The van der Waals surface area contributed by atoms with Crippen LogP contribution < -0.4 is 0 Å². The highest BCUT2D eigenvalue weighted by atomic mass is 32.1. The molecule has 0 aliphatic carbocycles. The number of pyridine rings is 1. The fraction of sp³-hybridized carbons (Fsp3) is 0. The molecular weight excluding hydrogens is 759 g/mol. The highest BCUT2D eigenvalue weighted by molar-refractivity contribution is 7.26. The van der Waals surface area contributed by atoms with Crippen LogP contribution in [0.2, 0.25) is 0 Å². The van der Waals surface area contributed by atoms with E-state index in [0.717, 1.165) is 99.7 Å². The van der Waals surface area contributed by atoms with E-state index in [9.17, 15) is 0 Å². The molecule has 11 aromatic rings. The van der Waals surface area contributed by atoms with Crippen molar-refractivity contribution < 1.29 is 0 Å². The summed E-state index contributed by atoms with van der Waals surface area (Å²) in [7, 11) is 0. The fourth-order valence-corrected chi connectivity index (χ4v) is 9.35. The van der Waals surface area contributed by atoms with E-state index in [2.05, 4.69) is 212 Å². The Balaban J connectivity index is 0.933. The molecule has 0 N–H and O–H groups in total. The summed E-state index contributed by atoms with van der Waals surface area (Å²) < 4.78 is 2.33. The average molecular weight is 796 g/mol. The molecule has 0 spiro atoms. The van der Waals surface area contributed by atoms with Gasteiger partial charge in [0.25, 0.3) is 0 Å². The number of nitrogens with zero attached hydrogens (tertiary/aromatic N) is 3. The predicted molar refractivity (Wildman–Crippen MR) is 256 cm³/mol. The quantitative estimate of drug-likeness (QED) is 0.154. The number of benzene rings is 8. The molecule has 3 nitrogen and oxygen atoms in total. The smallest absolute Gasteiger partial charge is 0.160 e. The molecule has 0 bridgehead atoms. The van der Waals surface area contributed by atoms with Crippen molar-refractivity contribution in [1.82, 2.24) is 15.0 Å². The van der Waals surface area contributed by atoms with E-state index in [1.165, 1.54) is 10.3 Å². The highest BCUT2D eigenvalue weighted by Crippen LogP contribution is 2.40. The molecule has 8 aromatic carbocycles. The number of rotatable bonds is 8. The number of hydrogen-bond acceptors (Lipinski definition) is 4. The SMILES string of the molecule is c1ccc(-c2cc(-c3ccccc3)nc(-c3cccc(-c4cccc(-c5cccc(-c6cccc(-c7nc(-c8ccccc8)c8sc9ccccc9c8n7)c6)c5)c4)c3)c2)cc1. The van der Waals surface area contributed by atoms with Crippen LogP contribution >= 0.6 is 11.3 Å². The summed E-state index contributed by atoms with van der Waals surface area (Å²) in [5, 5.41) is 1.16. The topological polar surface area (TPSA) is 38.7 Å². The van der Waals surface area contributed by atoms with Gasteiger partial charge in [0.15, 0.2) is 5.82 Å². The molecule has 11 rings (SSSR count). The van der Waals surface area contributed by atoms with E-state index in [-0.39, 0.29) is 0 Å². The molecule has 61 heavy (non-hydrogen) atoms. The van der Waals surface area contributed by atoms with Crippen molar-refractivity contribution in [2.75, 3.05) is 0 Å². The second-order valence-corrected chi connectivity index (χ2v) is 16.3. The Morgan fingerprint density at radius 1 is 0.279 bits per heavy atom. The molecule has 3 heterocycles. The lowest BCUT2D eigenvalue weighted by atomic mass is 9.94. The van der Waals surface area contributed by atoms with Crippen LogP contribution in [0.4, 0.5) is 0 Å². The first-order chi connectivity index (χ1) is 30.2. The first-order valence-electron chi connectivity index (χ1n) is 20.5. The predicted octanol–water partition coefficient (Wildman–Crippen LogP) is 15.6. The normalized spacial score (nSPS) is 11.3. The van der Waals surface area contributed by atoms with E-state index < -0.39 is 0 Å². The number of fused-ring (bicyclic) bond motifs is 3. The van der Waals surface area contributed by atoms with E-state index in [1.54, 1.807) is 11.3 Å². The van der Waals surface area contributed by atoms with Crippen LogP contribution in [0.1, 0.15) is 0 Å². The first-order valence-corrected chi connectivity index (χ1v) is 21.3. The maximum Gasteiger partial charge on any atom is 0.160 e. The Morgan fingerprint density at radius 3 is 1.30 bits per heavy atom. The van der Waals surface area contributed by atoms with Gasteiger partial charge in [-0.25, -0.2) is 15.0 Å². The fourth-order valence-electron chi connectivity index (χ4n) is 8.20. The molecule has 286 valence electrons. The van der Waals surface area contributed by atoms with Crippen molar-refractivity contribution in [2.24, 2.45) is 0 Å². The van der Waals surface area contributed by atoms with Crippen LogP contribution in [0, 0.1) is 0 Å². The third kappa shape index (κ3) is 7.20. The van der Waals surface area contributed by atoms with Gasteiger partial charge < -0.3 is 0 Å². The van der Waals surface area contributed by atoms with Gasteiger partial charge in [-0.2, -0.15) is 0 Å². The van der Waals surface area contributed by atoms with Crippen molar-refractivity contribution >= 4 is 31.6 Å². The van der Waals surface area contributed by atoms with Crippen LogP contribution in [-0.2, 0) is 0 Å². The maximum atomic E-state index is 5.23. The summed E-state index contributed by atoms with van der Waals surface area (Å²) in [6, 6.07) is 79.3. The highest BCUT2D eigenvalue weighted by Gasteiger charge is 2.17. The third-order valence-electron chi connectivity index (χ3n) is 11.3. The molecule has 4 heteroatoms. The minimum Gasteiger partial charge on any atom is -0.248 e. The Bertz CT molecular complexity index is 3300. The molecule has 0 unspecified atom stereocenters. The monoisotopic (exact) mass is 795 g/mol. The molecule has 0 amide bonds. The van der Waals surface area contributed by atoms with Crippen LogP contribution in [-0.4, -0.2) is 15.0 Å². The lowest BCUT2D eigenvalue weighted by Crippen LogP contribution is -1.94. The van der Waals surface area contributed by atoms with Gasteiger partial charge in [-0.05, 0) is 87.0 Å². The van der Waals surface area contributed by atoms with Crippen molar-refractivity contribution in [2.45, 2.75) is 0 Å². The second kappa shape index (κ2) is 15.8. The summed E-state index contributed by atoms with van der Waals surface area (Å²) in [5.41, 5.74) is 17.3. The lowest BCUT2D eigenvalue weighted by molar-refractivity contribution is 1.24. The van der Waals surface area contributed by atoms with Gasteiger partial charge in [0.2, 0.25) is 0 Å². The maximum absolute atomic E-state index is 5.23. The zero-order chi connectivity index (χ0) is 40.5. The molecule has 0 aliphatic heterocycles. The molecule has 0 atom stereocenters. The molecule has 0 radical (unpaired) electrons. The van der Waals surface area contributed by atoms with Crippen molar-refractivity contribution in [3.8, 4) is 89.7 Å². The van der Waals surface area contributed by atoms with Crippen molar-refractivity contribution in [3.05, 3.63) is 224 Å². The third-order valence-corrected chi connectivity index (χ3v) is 12.4. The van der Waals surface area contributed by atoms with Crippen LogP contribution in [0.3, 0.4) is 0 Å². The zero-order valence-corrected chi connectivity index (χ0v) is 33.9. The van der Waals surface area contributed by atoms with Gasteiger partial charge in [-0.3, -0.25) is 0 Å². The van der Waals surface area contributed by atoms with Crippen LogP contribution in [0.25, 0.3) is 110 Å². The van der Waals surface area contributed by atoms with Gasteiger partial charge >= 0.3 is 0 Å². The summed E-state index contributed by atoms with van der Waals surface area (Å²) in [6.45, 7) is 0. The van der Waals surface area contributed by atoms with Crippen molar-refractivity contribution in [3.63, 3.8) is 0 Å². The average Bonchev–Trinajstić information content (AvgIpc) is 3.73. The zero-order valence-electron chi connectivity index (χ0n) is 33.1. The van der Waals surface area contributed by atoms with E-state index >= 15 is 0 Å². The molecule has 0 saturated carbocycles. The van der Waals surface area contributed by atoms with Gasteiger partial charge in [-0.15, -0.1) is 11.3 Å². The van der Waals surface area contributed by atoms with Gasteiger partial charge in [0.05, 0.1) is 27.3 Å². The van der Waals surface area contributed by atoms with E-state index in [4.69, 9.17) is 15.0 Å².